The van der Waals surface area contributed by atoms with Crippen LogP contribution in [0.25, 0.3) is 10.8 Å². The average Bonchev–Trinajstić information content (AvgIpc) is 2.71. The highest BCUT2D eigenvalue weighted by molar-refractivity contribution is 6.04. The molecule has 0 aliphatic heterocycles. The van der Waals surface area contributed by atoms with Gasteiger partial charge < -0.3 is 9.47 Å². The van der Waals surface area contributed by atoms with E-state index >= 15 is 0 Å². The van der Waals surface area contributed by atoms with Gasteiger partial charge in [-0.1, -0.05) is 18.2 Å². The predicted octanol–water partition coefficient (Wildman–Crippen LogP) is 2.10. The first-order valence-electron chi connectivity index (χ1n) is 8.65. The molecule has 0 saturated heterocycles. The monoisotopic (exact) mass is 380 g/mol. The number of hydrazone groups is 1. The van der Waals surface area contributed by atoms with Crippen molar-refractivity contribution < 1.29 is 14.3 Å². The van der Waals surface area contributed by atoms with Crippen molar-refractivity contribution in [2.75, 3.05) is 13.7 Å². The van der Waals surface area contributed by atoms with Crippen molar-refractivity contribution in [1.82, 2.24) is 15.2 Å². The summed E-state index contributed by atoms with van der Waals surface area (Å²) in [6.45, 7) is 2.42. The van der Waals surface area contributed by atoms with Crippen molar-refractivity contribution in [2.24, 2.45) is 12.1 Å². The SMILES string of the molecule is CCOc1ccc(/C=N/NC(=O)c2nn(C)c(=O)c3ccccc23)cc1OC. The molecule has 8 nitrogen and oxygen atoms in total. The Balaban J connectivity index is 1.82. The van der Waals surface area contributed by atoms with E-state index in [0.717, 1.165) is 10.2 Å². The Morgan fingerprint density at radius 3 is 2.68 bits per heavy atom. The van der Waals surface area contributed by atoms with E-state index in [2.05, 4.69) is 15.6 Å². The minimum Gasteiger partial charge on any atom is -0.493 e. The lowest BCUT2D eigenvalue weighted by atomic mass is 10.1. The van der Waals surface area contributed by atoms with E-state index < -0.39 is 5.91 Å². The van der Waals surface area contributed by atoms with Crippen LogP contribution in [0, 0.1) is 0 Å². The van der Waals surface area contributed by atoms with Gasteiger partial charge in [0.25, 0.3) is 11.5 Å². The lowest BCUT2D eigenvalue weighted by molar-refractivity contribution is 0.0950. The summed E-state index contributed by atoms with van der Waals surface area (Å²) >= 11 is 0. The number of rotatable bonds is 6. The first kappa shape index (κ1) is 19.1. The van der Waals surface area contributed by atoms with Crippen molar-refractivity contribution in [3.05, 3.63) is 64.1 Å². The van der Waals surface area contributed by atoms with Gasteiger partial charge in [0.15, 0.2) is 17.2 Å². The highest BCUT2D eigenvalue weighted by Crippen LogP contribution is 2.27. The van der Waals surface area contributed by atoms with Crippen LogP contribution in [-0.2, 0) is 7.05 Å². The second kappa shape index (κ2) is 8.34. The largest absolute Gasteiger partial charge is 0.493 e. The molecule has 0 atom stereocenters. The summed E-state index contributed by atoms with van der Waals surface area (Å²) in [5.74, 6) is 0.691. The van der Waals surface area contributed by atoms with Crippen LogP contribution >= 0.6 is 0 Å². The molecule has 0 aliphatic rings. The summed E-state index contributed by atoms with van der Waals surface area (Å²) in [6.07, 6.45) is 1.49. The summed E-state index contributed by atoms with van der Waals surface area (Å²) in [4.78, 5) is 24.7. The number of benzene rings is 2. The number of aryl methyl sites for hydroxylation is 1. The van der Waals surface area contributed by atoms with Gasteiger partial charge >= 0.3 is 0 Å². The van der Waals surface area contributed by atoms with Gasteiger partial charge in [-0.3, -0.25) is 9.59 Å². The van der Waals surface area contributed by atoms with Crippen LogP contribution in [-0.4, -0.2) is 35.6 Å². The van der Waals surface area contributed by atoms with Crippen LogP contribution in [0.15, 0.2) is 52.4 Å². The molecule has 1 heterocycles. The van der Waals surface area contributed by atoms with Gasteiger partial charge in [-0.15, -0.1) is 0 Å². The van der Waals surface area contributed by atoms with Crippen molar-refractivity contribution >= 4 is 22.9 Å². The Morgan fingerprint density at radius 2 is 1.96 bits per heavy atom. The molecular formula is C20H20N4O4. The molecule has 0 fully saturated rings. The fraction of sp³-hybridized carbons (Fsp3) is 0.200. The summed E-state index contributed by atoms with van der Waals surface area (Å²) < 4.78 is 11.9. The van der Waals surface area contributed by atoms with Gasteiger partial charge in [-0.2, -0.15) is 10.2 Å². The topological polar surface area (TPSA) is 94.8 Å². The fourth-order valence-electron chi connectivity index (χ4n) is 2.73. The first-order chi connectivity index (χ1) is 13.5. The molecule has 1 amide bonds. The normalized spacial score (nSPS) is 11.0. The molecule has 28 heavy (non-hydrogen) atoms. The molecule has 0 spiro atoms. The van der Waals surface area contributed by atoms with Crippen molar-refractivity contribution in [3.63, 3.8) is 0 Å². The molecule has 0 saturated carbocycles. The maximum atomic E-state index is 12.5. The zero-order valence-corrected chi connectivity index (χ0v) is 15.8. The number of aromatic nitrogens is 2. The van der Waals surface area contributed by atoms with Crippen LogP contribution in [0.3, 0.4) is 0 Å². The second-order valence-electron chi connectivity index (χ2n) is 5.87. The number of nitrogens with one attached hydrogen (secondary N) is 1. The van der Waals surface area contributed by atoms with Gasteiger partial charge in [0, 0.05) is 12.4 Å². The molecule has 3 rings (SSSR count). The van der Waals surface area contributed by atoms with E-state index in [-0.39, 0.29) is 11.3 Å². The minimum atomic E-state index is -0.513. The third kappa shape index (κ3) is 3.85. The zero-order chi connectivity index (χ0) is 20.1. The molecule has 0 aliphatic carbocycles. The summed E-state index contributed by atoms with van der Waals surface area (Å²) in [7, 11) is 3.05. The Morgan fingerprint density at radius 1 is 1.21 bits per heavy atom. The molecule has 2 aromatic carbocycles. The maximum Gasteiger partial charge on any atom is 0.292 e. The minimum absolute atomic E-state index is 0.124. The summed E-state index contributed by atoms with van der Waals surface area (Å²) in [6, 6.07) is 12.1. The lowest BCUT2D eigenvalue weighted by Gasteiger charge is -2.09. The second-order valence-corrected chi connectivity index (χ2v) is 5.87. The van der Waals surface area contributed by atoms with Gasteiger partial charge in [0.1, 0.15) is 0 Å². The standard InChI is InChI=1S/C20H20N4O4/c1-4-28-16-10-9-13(11-17(16)27-3)12-21-22-19(25)18-14-7-5-6-8-15(14)20(26)24(2)23-18/h5-12H,4H2,1-3H3,(H,22,25)/b21-12+. The molecule has 1 N–H and O–H groups in total. The zero-order valence-electron chi connectivity index (χ0n) is 15.8. The van der Waals surface area contributed by atoms with E-state index in [9.17, 15) is 9.59 Å². The number of carbonyl (C=O) groups is 1. The number of hydrogen-bond donors (Lipinski definition) is 1. The number of methoxy groups -OCH3 is 1. The average molecular weight is 380 g/mol. The van der Waals surface area contributed by atoms with Crippen LogP contribution in [0.4, 0.5) is 0 Å². The Kier molecular flexibility index (Phi) is 5.69. The third-order valence-corrected chi connectivity index (χ3v) is 4.04. The van der Waals surface area contributed by atoms with Gasteiger partial charge in [-0.05, 0) is 36.8 Å². The van der Waals surface area contributed by atoms with Crippen LogP contribution in [0.2, 0.25) is 0 Å². The van der Waals surface area contributed by atoms with E-state index in [1.54, 1.807) is 49.6 Å². The Bertz CT molecular complexity index is 1110. The molecular weight excluding hydrogens is 360 g/mol. The summed E-state index contributed by atoms with van der Waals surface area (Å²) in [5, 5.41) is 8.94. The quantitative estimate of drug-likeness (QED) is 0.522. The van der Waals surface area contributed by atoms with Crippen LogP contribution in [0.1, 0.15) is 23.0 Å². The first-order valence-corrected chi connectivity index (χ1v) is 8.65. The Hall–Kier alpha value is -3.68. The Labute approximate surface area is 161 Å². The maximum absolute atomic E-state index is 12.5. The lowest BCUT2D eigenvalue weighted by Crippen LogP contribution is -2.27. The highest BCUT2D eigenvalue weighted by atomic mass is 16.5. The van der Waals surface area contributed by atoms with Gasteiger partial charge in [0.2, 0.25) is 0 Å². The van der Waals surface area contributed by atoms with E-state index in [1.807, 2.05) is 6.92 Å². The van der Waals surface area contributed by atoms with Crippen molar-refractivity contribution in [3.8, 4) is 11.5 Å². The molecule has 8 heteroatoms. The number of carbonyl (C=O) groups excluding carboxylic acids is 1. The number of ether oxygens (including phenoxy) is 2. The molecule has 0 bridgehead atoms. The number of nitrogens with zero attached hydrogens (tertiary/aromatic N) is 3. The molecule has 144 valence electrons. The molecule has 0 unspecified atom stereocenters. The predicted molar refractivity (Wildman–Crippen MR) is 106 cm³/mol. The van der Waals surface area contributed by atoms with Crippen molar-refractivity contribution in [1.29, 1.82) is 0 Å². The number of amides is 1. The number of fused-ring (bicyclic) bond motifs is 1. The molecule has 1 aromatic heterocycles. The van der Waals surface area contributed by atoms with Gasteiger partial charge in [-0.25, -0.2) is 10.1 Å². The van der Waals surface area contributed by atoms with Crippen LogP contribution < -0.4 is 20.5 Å². The molecule has 0 radical (unpaired) electrons. The molecule has 3 aromatic rings. The van der Waals surface area contributed by atoms with E-state index in [4.69, 9.17) is 9.47 Å². The smallest absolute Gasteiger partial charge is 0.292 e. The van der Waals surface area contributed by atoms with E-state index in [0.29, 0.717) is 28.9 Å². The summed E-state index contributed by atoms with van der Waals surface area (Å²) in [5.41, 5.74) is 3.02. The van der Waals surface area contributed by atoms with E-state index in [1.165, 1.54) is 13.3 Å². The number of hydrogen-bond acceptors (Lipinski definition) is 6. The third-order valence-electron chi connectivity index (χ3n) is 4.04. The van der Waals surface area contributed by atoms with Crippen LogP contribution in [0.5, 0.6) is 11.5 Å². The highest BCUT2D eigenvalue weighted by Gasteiger charge is 2.15. The van der Waals surface area contributed by atoms with Gasteiger partial charge in [0.05, 0.1) is 25.3 Å². The fourth-order valence-corrected chi connectivity index (χ4v) is 2.73. The van der Waals surface area contributed by atoms with Crippen molar-refractivity contribution in [2.45, 2.75) is 6.92 Å².